The molecule has 0 bridgehead atoms. The summed E-state index contributed by atoms with van der Waals surface area (Å²) in [5.74, 6) is 1.52. The van der Waals surface area contributed by atoms with Crippen LogP contribution in [-0.4, -0.2) is 28.7 Å². The van der Waals surface area contributed by atoms with Crippen LogP contribution in [0.3, 0.4) is 0 Å². The quantitative estimate of drug-likeness (QED) is 0.868. The van der Waals surface area contributed by atoms with Gasteiger partial charge in [0.25, 0.3) is 0 Å². The van der Waals surface area contributed by atoms with Crippen molar-refractivity contribution >= 4 is 6.03 Å². The maximum Gasteiger partial charge on any atom is 0.314 e. The molecular formula is C14H21N5O. The van der Waals surface area contributed by atoms with Crippen LogP contribution in [-0.2, 0) is 13.0 Å². The summed E-state index contributed by atoms with van der Waals surface area (Å²) in [5.41, 5.74) is -0.535. The van der Waals surface area contributed by atoms with Gasteiger partial charge in [0.05, 0.1) is 11.5 Å². The zero-order valence-electron chi connectivity index (χ0n) is 12.0. The van der Waals surface area contributed by atoms with E-state index >= 15 is 0 Å². The van der Waals surface area contributed by atoms with Gasteiger partial charge in [-0.1, -0.05) is 0 Å². The van der Waals surface area contributed by atoms with Crippen LogP contribution in [0.5, 0.6) is 0 Å². The highest BCUT2D eigenvalue weighted by molar-refractivity contribution is 5.73. The van der Waals surface area contributed by atoms with E-state index in [9.17, 15) is 4.79 Å². The van der Waals surface area contributed by atoms with E-state index in [0.29, 0.717) is 19.0 Å². The van der Waals surface area contributed by atoms with E-state index in [1.54, 1.807) is 13.8 Å². The maximum atomic E-state index is 11.7. The minimum absolute atomic E-state index is 0.206. The summed E-state index contributed by atoms with van der Waals surface area (Å²) in [4.78, 5) is 16.0. The number of fused-ring (bicyclic) bond motifs is 1. The van der Waals surface area contributed by atoms with E-state index in [0.717, 1.165) is 25.2 Å². The molecule has 6 nitrogen and oxygen atoms in total. The summed E-state index contributed by atoms with van der Waals surface area (Å²) < 4.78 is 2.16. The fourth-order valence-electron chi connectivity index (χ4n) is 2.23. The zero-order valence-corrected chi connectivity index (χ0v) is 12.0. The van der Waals surface area contributed by atoms with Gasteiger partial charge in [-0.15, -0.1) is 0 Å². The Labute approximate surface area is 119 Å². The first kappa shape index (κ1) is 14.4. The van der Waals surface area contributed by atoms with Gasteiger partial charge < -0.3 is 15.2 Å². The number of nitriles is 1. The predicted molar refractivity (Wildman–Crippen MR) is 74.8 cm³/mol. The van der Waals surface area contributed by atoms with Crippen molar-refractivity contribution in [3.63, 3.8) is 0 Å². The Morgan fingerprint density at radius 3 is 3.15 bits per heavy atom. The van der Waals surface area contributed by atoms with Crippen molar-refractivity contribution in [2.75, 3.05) is 13.1 Å². The van der Waals surface area contributed by atoms with E-state index in [2.05, 4.69) is 26.3 Å². The largest absolute Gasteiger partial charge is 0.338 e. The monoisotopic (exact) mass is 275 g/mol. The molecule has 0 radical (unpaired) electrons. The number of hydrogen-bond acceptors (Lipinski definition) is 3. The van der Waals surface area contributed by atoms with Gasteiger partial charge >= 0.3 is 6.03 Å². The van der Waals surface area contributed by atoms with E-state index in [1.165, 1.54) is 0 Å². The molecule has 2 N–H and O–H groups in total. The normalized spacial score (nSPS) is 17.9. The fraction of sp³-hybridized carbons (Fsp3) is 0.643. The number of aryl methyl sites for hydroxylation is 1. The van der Waals surface area contributed by atoms with Crippen LogP contribution >= 0.6 is 0 Å². The molecule has 20 heavy (non-hydrogen) atoms. The Morgan fingerprint density at radius 2 is 2.40 bits per heavy atom. The average molecular weight is 275 g/mol. The average Bonchev–Trinajstić information content (AvgIpc) is 2.90. The van der Waals surface area contributed by atoms with Crippen molar-refractivity contribution in [3.8, 4) is 6.07 Å². The summed E-state index contributed by atoms with van der Waals surface area (Å²) in [5, 5.41) is 14.5. The lowest BCUT2D eigenvalue weighted by Crippen LogP contribution is -2.42. The molecule has 6 heteroatoms. The first-order valence-corrected chi connectivity index (χ1v) is 6.93. The molecule has 0 aromatic carbocycles. The van der Waals surface area contributed by atoms with Gasteiger partial charge in [-0.2, -0.15) is 5.26 Å². The Bertz CT molecular complexity index is 514. The molecule has 0 fully saturated rings. The van der Waals surface area contributed by atoms with Crippen LogP contribution in [0.2, 0.25) is 0 Å². The molecule has 1 aliphatic heterocycles. The highest BCUT2D eigenvalue weighted by Gasteiger charge is 2.21. The fourth-order valence-corrected chi connectivity index (χ4v) is 2.23. The minimum Gasteiger partial charge on any atom is -0.338 e. The van der Waals surface area contributed by atoms with Crippen molar-refractivity contribution in [2.24, 2.45) is 11.3 Å². The van der Waals surface area contributed by atoms with Crippen LogP contribution in [0.1, 0.15) is 26.1 Å². The molecule has 0 saturated heterocycles. The summed E-state index contributed by atoms with van der Waals surface area (Å²) in [6, 6.07) is 1.95. The Hall–Kier alpha value is -2.03. The molecule has 1 atom stereocenters. The molecule has 1 aliphatic rings. The van der Waals surface area contributed by atoms with Crippen molar-refractivity contribution in [2.45, 2.75) is 33.2 Å². The Kier molecular flexibility index (Phi) is 4.28. The first-order valence-electron chi connectivity index (χ1n) is 6.93. The summed E-state index contributed by atoms with van der Waals surface area (Å²) >= 11 is 0. The van der Waals surface area contributed by atoms with Gasteiger partial charge in [0.15, 0.2) is 0 Å². The van der Waals surface area contributed by atoms with E-state index in [4.69, 9.17) is 5.26 Å². The zero-order chi connectivity index (χ0) is 14.6. The lowest BCUT2D eigenvalue weighted by molar-refractivity contribution is 0.234. The molecule has 1 aromatic rings. The number of hydrogen-bond donors (Lipinski definition) is 2. The van der Waals surface area contributed by atoms with Gasteiger partial charge in [0, 0.05) is 38.4 Å². The summed E-state index contributed by atoms with van der Waals surface area (Å²) in [6.07, 6.45) is 5.77. The van der Waals surface area contributed by atoms with Crippen LogP contribution in [0, 0.1) is 22.7 Å². The third-order valence-electron chi connectivity index (χ3n) is 3.60. The number of carbonyl (C=O) groups excluding carboxylic acids is 1. The second-order valence-electron chi connectivity index (χ2n) is 5.95. The molecule has 108 valence electrons. The molecule has 0 spiro atoms. The van der Waals surface area contributed by atoms with Gasteiger partial charge in [-0.05, 0) is 26.2 Å². The van der Waals surface area contributed by atoms with Gasteiger partial charge in [-0.3, -0.25) is 0 Å². The molecule has 1 unspecified atom stereocenters. The Balaban J connectivity index is 1.71. The van der Waals surface area contributed by atoms with Gasteiger partial charge in [-0.25, -0.2) is 9.78 Å². The van der Waals surface area contributed by atoms with Gasteiger partial charge in [0.1, 0.15) is 5.82 Å². The Morgan fingerprint density at radius 1 is 1.60 bits per heavy atom. The first-order chi connectivity index (χ1) is 9.50. The van der Waals surface area contributed by atoms with Crippen LogP contribution < -0.4 is 10.6 Å². The topological polar surface area (TPSA) is 82.7 Å². The number of urea groups is 1. The highest BCUT2D eigenvalue weighted by atomic mass is 16.2. The van der Waals surface area contributed by atoms with Crippen molar-refractivity contribution in [3.05, 3.63) is 18.2 Å². The number of aromatic nitrogens is 2. The summed E-state index contributed by atoms with van der Waals surface area (Å²) in [7, 11) is 0. The molecule has 1 aromatic heterocycles. The predicted octanol–water partition coefficient (Wildman–Crippen LogP) is 1.29. The molecule has 2 rings (SSSR count). The smallest absolute Gasteiger partial charge is 0.314 e. The van der Waals surface area contributed by atoms with Crippen molar-refractivity contribution < 1.29 is 4.79 Å². The number of imidazole rings is 1. The highest BCUT2D eigenvalue weighted by Crippen LogP contribution is 2.18. The number of rotatable bonds is 4. The van der Waals surface area contributed by atoms with Crippen molar-refractivity contribution in [1.82, 2.24) is 20.2 Å². The van der Waals surface area contributed by atoms with E-state index in [1.807, 2.05) is 12.4 Å². The van der Waals surface area contributed by atoms with Crippen LogP contribution in [0.4, 0.5) is 4.79 Å². The number of nitrogens with one attached hydrogen (secondary N) is 2. The maximum absolute atomic E-state index is 11.7. The van der Waals surface area contributed by atoms with Gasteiger partial charge in [0.2, 0.25) is 0 Å². The molecular weight excluding hydrogens is 254 g/mol. The van der Waals surface area contributed by atoms with E-state index < -0.39 is 5.41 Å². The van der Waals surface area contributed by atoms with E-state index in [-0.39, 0.29) is 6.03 Å². The van der Waals surface area contributed by atoms with Crippen LogP contribution in [0.25, 0.3) is 0 Å². The summed E-state index contributed by atoms with van der Waals surface area (Å²) in [6.45, 7) is 5.56. The standard InChI is InChI=1S/C14H21N5O/c1-14(2,9-15)10-18-13(20)17-8-11-3-5-19-6-4-16-12(19)7-11/h4,6,11H,3,5,7-8,10H2,1-2H3,(H2,17,18,20). The molecule has 0 aliphatic carbocycles. The third-order valence-corrected chi connectivity index (χ3v) is 3.60. The second kappa shape index (κ2) is 5.95. The minimum atomic E-state index is -0.535. The third kappa shape index (κ3) is 3.73. The number of carbonyl (C=O) groups is 1. The second-order valence-corrected chi connectivity index (χ2v) is 5.95. The lowest BCUT2D eigenvalue weighted by Gasteiger charge is -2.24. The molecule has 0 saturated carbocycles. The van der Waals surface area contributed by atoms with Crippen LogP contribution in [0.15, 0.2) is 12.4 Å². The molecule has 2 heterocycles. The van der Waals surface area contributed by atoms with Crippen molar-refractivity contribution in [1.29, 1.82) is 5.26 Å². The number of nitrogens with zero attached hydrogens (tertiary/aromatic N) is 3. The number of amides is 2. The molecule has 2 amide bonds. The lowest BCUT2D eigenvalue weighted by atomic mass is 9.96. The SMILES string of the molecule is CC(C)(C#N)CNC(=O)NCC1CCn2ccnc2C1.